The van der Waals surface area contributed by atoms with Crippen LogP contribution in [0.5, 0.6) is 0 Å². The average Bonchev–Trinajstić information content (AvgIpc) is 2.61. The minimum atomic E-state index is -0.879. The van der Waals surface area contributed by atoms with Crippen molar-refractivity contribution in [3.63, 3.8) is 0 Å². The molecule has 1 aromatic carbocycles. The fourth-order valence-corrected chi connectivity index (χ4v) is 3.42. The maximum atomic E-state index is 11.3. The third kappa shape index (κ3) is 1.77. The molecule has 2 saturated heterocycles. The molecule has 2 atom stereocenters. The Kier molecular flexibility index (Phi) is 2.74. The summed E-state index contributed by atoms with van der Waals surface area (Å²) in [4.78, 5) is 13.5. The number of piperidine rings is 1. The summed E-state index contributed by atoms with van der Waals surface area (Å²) in [6, 6.07) is 7.76. The number of carboxylic acid groups (broad SMARTS) is 1. The van der Waals surface area contributed by atoms with Gasteiger partial charge in [0.2, 0.25) is 0 Å². The van der Waals surface area contributed by atoms with E-state index in [1.165, 1.54) is 0 Å². The lowest BCUT2D eigenvalue weighted by Crippen LogP contribution is -2.45. The second-order valence-electron chi connectivity index (χ2n) is 5.24. The molecule has 0 saturated carbocycles. The minimum Gasteiger partial charge on any atom is -0.478 e. The van der Waals surface area contributed by atoms with Crippen LogP contribution in [0.1, 0.15) is 36.0 Å². The molecule has 0 aliphatic carbocycles. The Bertz CT molecular complexity index is 460. The first-order valence-corrected chi connectivity index (χ1v) is 6.45. The SMILES string of the molecule is O=C(O)c1ccccc1N1C2CCC1CC(O)C2. The van der Waals surface area contributed by atoms with Crippen molar-refractivity contribution in [3.05, 3.63) is 29.8 Å². The number of anilines is 1. The standard InChI is InChI=1S/C14H17NO3/c16-11-7-9-5-6-10(8-11)15(9)13-4-2-1-3-12(13)14(17)18/h1-4,9-11,16H,5-8H2,(H,17,18). The largest absolute Gasteiger partial charge is 0.478 e. The molecule has 96 valence electrons. The molecule has 1 aromatic rings. The van der Waals surface area contributed by atoms with Crippen molar-refractivity contribution in [1.29, 1.82) is 0 Å². The summed E-state index contributed by atoms with van der Waals surface area (Å²) >= 11 is 0. The fourth-order valence-electron chi connectivity index (χ4n) is 3.42. The highest BCUT2D eigenvalue weighted by molar-refractivity contribution is 5.94. The quantitative estimate of drug-likeness (QED) is 0.837. The molecule has 18 heavy (non-hydrogen) atoms. The molecule has 0 spiro atoms. The number of carbonyl (C=O) groups is 1. The summed E-state index contributed by atoms with van der Waals surface area (Å²) in [5.41, 5.74) is 1.18. The van der Waals surface area contributed by atoms with Gasteiger partial charge < -0.3 is 15.1 Å². The van der Waals surface area contributed by atoms with Gasteiger partial charge in [-0.1, -0.05) is 12.1 Å². The van der Waals surface area contributed by atoms with Crippen LogP contribution in [0.2, 0.25) is 0 Å². The Hall–Kier alpha value is -1.55. The number of aliphatic hydroxyl groups is 1. The predicted octanol–water partition coefficient (Wildman–Crippen LogP) is 1.88. The molecule has 0 radical (unpaired) electrons. The molecule has 4 heteroatoms. The second kappa shape index (κ2) is 4.28. The zero-order valence-corrected chi connectivity index (χ0v) is 10.1. The van der Waals surface area contributed by atoms with Crippen LogP contribution < -0.4 is 4.90 Å². The van der Waals surface area contributed by atoms with Crippen molar-refractivity contribution in [2.45, 2.75) is 43.9 Å². The Morgan fingerprint density at radius 3 is 2.39 bits per heavy atom. The first-order valence-electron chi connectivity index (χ1n) is 6.45. The van der Waals surface area contributed by atoms with Gasteiger partial charge in [0.1, 0.15) is 0 Å². The van der Waals surface area contributed by atoms with E-state index in [2.05, 4.69) is 4.90 Å². The van der Waals surface area contributed by atoms with E-state index >= 15 is 0 Å². The van der Waals surface area contributed by atoms with E-state index in [4.69, 9.17) is 0 Å². The van der Waals surface area contributed by atoms with E-state index in [0.717, 1.165) is 31.4 Å². The number of carboxylic acids is 1. The van der Waals surface area contributed by atoms with E-state index in [9.17, 15) is 15.0 Å². The minimum absolute atomic E-state index is 0.226. The van der Waals surface area contributed by atoms with Crippen LogP contribution in [-0.4, -0.2) is 34.4 Å². The van der Waals surface area contributed by atoms with Crippen LogP contribution in [-0.2, 0) is 0 Å². The number of aliphatic hydroxyl groups excluding tert-OH is 1. The van der Waals surface area contributed by atoms with Crippen molar-refractivity contribution < 1.29 is 15.0 Å². The van der Waals surface area contributed by atoms with Gasteiger partial charge in [-0.05, 0) is 37.8 Å². The van der Waals surface area contributed by atoms with Crippen molar-refractivity contribution in [1.82, 2.24) is 0 Å². The number of para-hydroxylation sites is 1. The lowest BCUT2D eigenvalue weighted by Gasteiger charge is -2.39. The summed E-state index contributed by atoms with van der Waals surface area (Å²) in [6.07, 6.45) is 3.39. The van der Waals surface area contributed by atoms with Crippen molar-refractivity contribution >= 4 is 11.7 Å². The number of nitrogens with zero attached hydrogens (tertiary/aromatic N) is 1. The summed E-state index contributed by atoms with van der Waals surface area (Å²) in [6.45, 7) is 0. The highest BCUT2D eigenvalue weighted by atomic mass is 16.4. The highest BCUT2D eigenvalue weighted by Gasteiger charge is 2.41. The lowest BCUT2D eigenvalue weighted by atomic mass is 9.98. The number of fused-ring (bicyclic) bond motifs is 2. The van der Waals surface area contributed by atoms with Gasteiger partial charge >= 0.3 is 5.97 Å². The van der Waals surface area contributed by atoms with Gasteiger partial charge in [0.05, 0.1) is 17.4 Å². The predicted molar refractivity (Wildman–Crippen MR) is 67.9 cm³/mol. The van der Waals surface area contributed by atoms with Crippen LogP contribution in [0.25, 0.3) is 0 Å². The Morgan fingerprint density at radius 1 is 1.17 bits per heavy atom. The maximum absolute atomic E-state index is 11.3. The molecule has 2 aliphatic heterocycles. The molecular weight excluding hydrogens is 230 g/mol. The first-order chi connectivity index (χ1) is 8.66. The number of hydrogen-bond acceptors (Lipinski definition) is 3. The second-order valence-corrected chi connectivity index (χ2v) is 5.24. The summed E-state index contributed by atoms with van der Waals surface area (Å²) in [7, 11) is 0. The maximum Gasteiger partial charge on any atom is 0.337 e. The number of hydrogen-bond donors (Lipinski definition) is 2. The van der Waals surface area contributed by atoms with E-state index in [1.807, 2.05) is 12.1 Å². The van der Waals surface area contributed by atoms with Crippen LogP contribution in [0.3, 0.4) is 0 Å². The van der Waals surface area contributed by atoms with Crippen molar-refractivity contribution in [2.24, 2.45) is 0 Å². The third-order valence-corrected chi connectivity index (χ3v) is 4.12. The van der Waals surface area contributed by atoms with Gasteiger partial charge in [-0.2, -0.15) is 0 Å². The summed E-state index contributed by atoms with van der Waals surface area (Å²) in [5, 5.41) is 19.1. The number of benzene rings is 1. The van der Waals surface area contributed by atoms with E-state index in [0.29, 0.717) is 17.6 Å². The van der Waals surface area contributed by atoms with Crippen LogP contribution >= 0.6 is 0 Å². The van der Waals surface area contributed by atoms with Gasteiger partial charge in [-0.15, -0.1) is 0 Å². The molecular formula is C14H17NO3. The van der Waals surface area contributed by atoms with Gasteiger partial charge in [-0.25, -0.2) is 4.79 Å². The number of aromatic carboxylic acids is 1. The zero-order chi connectivity index (χ0) is 12.7. The normalized spacial score (nSPS) is 30.5. The van der Waals surface area contributed by atoms with Crippen LogP contribution in [0.15, 0.2) is 24.3 Å². The Labute approximate surface area is 106 Å². The van der Waals surface area contributed by atoms with Gasteiger partial charge in [0.25, 0.3) is 0 Å². The van der Waals surface area contributed by atoms with Crippen LogP contribution in [0, 0.1) is 0 Å². The molecule has 2 fully saturated rings. The fraction of sp³-hybridized carbons (Fsp3) is 0.500. The van der Waals surface area contributed by atoms with E-state index in [-0.39, 0.29) is 6.10 Å². The smallest absolute Gasteiger partial charge is 0.337 e. The number of rotatable bonds is 2. The molecule has 2 heterocycles. The molecule has 2 aliphatic rings. The van der Waals surface area contributed by atoms with E-state index < -0.39 is 5.97 Å². The molecule has 2 unspecified atom stereocenters. The van der Waals surface area contributed by atoms with Crippen LogP contribution in [0.4, 0.5) is 5.69 Å². The van der Waals surface area contributed by atoms with Crippen molar-refractivity contribution in [2.75, 3.05) is 4.90 Å². The summed E-state index contributed by atoms with van der Waals surface area (Å²) < 4.78 is 0. The van der Waals surface area contributed by atoms with Gasteiger partial charge in [-0.3, -0.25) is 0 Å². The average molecular weight is 247 g/mol. The van der Waals surface area contributed by atoms with E-state index in [1.54, 1.807) is 12.1 Å². The third-order valence-electron chi connectivity index (χ3n) is 4.12. The Morgan fingerprint density at radius 2 is 1.78 bits per heavy atom. The molecule has 2 bridgehead atoms. The highest BCUT2D eigenvalue weighted by Crippen LogP contribution is 2.40. The monoisotopic (exact) mass is 247 g/mol. The molecule has 0 amide bonds. The molecule has 2 N–H and O–H groups in total. The van der Waals surface area contributed by atoms with Crippen molar-refractivity contribution in [3.8, 4) is 0 Å². The molecule has 4 nitrogen and oxygen atoms in total. The zero-order valence-electron chi connectivity index (χ0n) is 10.1. The molecule has 3 rings (SSSR count). The molecule has 0 aromatic heterocycles. The van der Waals surface area contributed by atoms with Gasteiger partial charge in [0, 0.05) is 12.1 Å². The van der Waals surface area contributed by atoms with Gasteiger partial charge in [0.15, 0.2) is 0 Å². The topological polar surface area (TPSA) is 60.8 Å². The summed E-state index contributed by atoms with van der Waals surface area (Å²) in [5.74, 6) is -0.879. The Balaban J connectivity index is 1.99. The first kappa shape index (κ1) is 11.5. The lowest BCUT2D eigenvalue weighted by molar-refractivity contribution is 0.0697.